The molecule has 0 aromatic carbocycles. The number of morpholine rings is 1. The number of hydrogen-bond donors (Lipinski definition) is 2. The van der Waals surface area contributed by atoms with Crippen LogP contribution < -0.4 is 10.6 Å². The van der Waals surface area contributed by atoms with E-state index in [4.69, 9.17) is 9.47 Å². The fourth-order valence-electron chi connectivity index (χ4n) is 3.17. The minimum atomic E-state index is -0.0309. The van der Waals surface area contributed by atoms with E-state index in [9.17, 15) is 0 Å². The van der Waals surface area contributed by atoms with Crippen molar-refractivity contribution in [3.05, 3.63) is 0 Å². The van der Waals surface area contributed by atoms with E-state index in [1.807, 2.05) is 0 Å². The van der Waals surface area contributed by atoms with Crippen LogP contribution in [0.15, 0.2) is 0 Å². The van der Waals surface area contributed by atoms with E-state index in [1.165, 1.54) is 12.8 Å². The first kappa shape index (κ1) is 11.9. The Hall–Kier alpha value is -0.160. The lowest BCUT2D eigenvalue weighted by atomic mass is 9.82. The van der Waals surface area contributed by atoms with Crippen LogP contribution in [0.4, 0.5) is 0 Å². The zero-order valence-electron chi connectivity index (χ0n) is 10.8. The molecule has 3 fully saturated rings. The van der Waals surface area contributed by atoms with Crippen LogP contribution in [0.2, 0.25) is 0 Å². The monoisotopic (exact) mass is 240 g/mol. The van der Waals surface area contributed by atoms with Gasteiger partial charge in [0.2, 0.25) is 0 Å². The van der Waals surface area contributed by atoms with Crippen molar-refractivity contribution in [3.8, 4) is 0 Å². The van der Waals surface area contributed by atoms with Crippen molar-refractivity contribution in [2.45, 2.75) is 43.9 Å². The Kier molecular flexibility index (Phi) is 3.15. The molecule has 1 unspecified atom stereocenters. The molecule has 0 amide bonds. The van der Waals surface area contributed by atoms with Crippen LogP contribution in [0, 0.1) is 5.92 Å². The molecule has 2 heterocycles. The molecule has 4 heteroatoms. The van der Waals surface area contributed by atoms with Gasteiger partial charge in [0.1, 0.15) is 5.72 Å². The van der Waals surface area contributed by atoms with Gasteiger partial charge in [0.05, 0.1) is 25.4 Å². The Bertz CT molecular complexity index is 257. The number of rotatable bonds is 0. The van der Waals surface area contributed by atoms with Crippen molar-refractivity contribution >= 4 is 0 Å². The number of ether oxygens (including phenoxy) is 2. The van der Waals surface area contributed by atoms with Gasteiger partial charge in [-0.2, -0.15) is 0 Å². The number of hydrogen-bond acceptors (Lipinski definition) is 4. The highest BCUT2D eigenvalue weighted by molar-refractivity contribution is 5.00. The summed E-state index contributed by atoms with van der Waals surface area (Å²) < 4.78 is 11.8. The molecule has 98 valence electrons. The second-order valence-electron chi connectivity index (χ2n) is 6.08. The molecule has 2 N–H and O–H groups in total. The van der Waals surface area contributed by atoms with Crippen LogP contribution in [-0.2, 0) is 9.47 Å². The second-order valence-corrected chi connectivity index (χ2v) is 6.08. The van der Waals surface area contributed by atoms with Gasteiger partial charge in [0.25, 0.3) is 0 Å². The summed E-state index contributed by atoms with van der Waals surface area (Å²) in [5.41, 5.74) is -0.0105. The van der Waals surface area contributed by atoms with Gasteiger partial charge in [-0.25, -0.2) is 0 Å². The van der Waals surface area contributed by atoms with Crippen molar-refractivity contribution in [1.29, 1.82) is 0 Å². The Balaban J connectivity index is 1.59. The molecule has 0 aromatic rings. The van der Waals surface area contributed by atoms with Crippen molar-refractivity contribution < 1.29 is 9.47 Å². The Labute approximate surface area is 103 Å². The predicted molar refractivity (Wildman–Crippen MR) is 65.9 cm³/mol. The third-order valence-electron chi connectivity index (χ3n) is 4.58. The Morgan fingerprint density at radius 1 is 1.12 bits per heavy atom. The van der Waals surface area contributed by atoms with E-state index in [0.717, 1.165) is 51.7 Å². The predicted octanol–water partition coefficient (Wildman–Crippen LogP) is 0.871. The minimum Gasteiger partial charge on any atom is -0.378 e. The molecular weight excluding hydrogens is 216 g/mol. The molecular formula is C13H24N2O2. The summed E-state index contributed by atoms with van der Waals surface area (Å²) >= 11 is 0. The van der Waals surface area contributed by atoms with E-state index in [2.05, 4.69) is 17.6 Å². The first-order valence-corrected chi connectivity index (χ1v) is 6.94. The first-order chi connectivity index (χ1) is 8.22. The fourth-order valence-corrected chi connectivity index (χ4v) is 3.17. The average Bonchev–Trinajstić information content (AvgIpc) is 2.38. The quantitative estimate of drug-likeness (QED) is 0.659. The summed E-state index contributed by atoms with van der Waals surface area (Å²) in [5.74, 6) is 0.859. The standard InChI is InChI=1S/C13H24N2O2/c1-11-2-4-13(5-3-11)15-8-12(10-17-13)9-16-7-6-14-12/h11,14-15H,2-10H2,1H3. The lowest BCUT2D eigenvalue weighted by Crippen LogP contribution is -2.71. The first-order valence-electron chi connectivity index (χ1n) is 6.94. The maximum atomic E-state index is 6.19. The minimum absolute atomic E-state index is 0.0204. The molecule has 0 bridgehead atoms. The van der Waals surface area contributed by atoms with Gasteiger partial charge < -0.3 is 14.8 Å². The molecule has 2 saturated heterocycles. The largest absolute Gasteiger partial charge is 0.378 e. The molecule has 2 spiro atoms. The molecule has 1 aliphatic carbocycles. The molecule has 3 rings (SSSR count). The zero-order chi connectivity index (χ0) is 11.8. The molecule has 17 heavy (non-hydrogen) atoms. The molecule has 4 nitrogen and oxygen atoms in total. The van der Waals surface area contributed by atoms with Gasteiger partial charge in [-0.15, -0.1) is 0 Å². The third kappa shape index (κ3) is 2.36. The van der Waals surface area contributed by atoms with E-state index >= 15 is 0 Å². The van der Waals surface area contributed by atoms with E-state index in [-0.39, 0.29) is 11.3 Å². The highest BCUT2D eigenvalue weighted by atomic mass is 16.5. The van der Waals surface area contributed by atoms with Crippen molar-refractivity contribution in [3.63, 3.8) is 0 Å². The van der Waals surface area contributed by atoms with Gasteiger partial charge >= 0.3 is 0 Å². The number of nitrogens with one attached hydrogen (secondary N) is 2. The molecule has 0 aromatic heterocycles. The summed E-state index contributed by atoms with van der Waals surface area (Å²) in [6, 6.07) is 0. The summed E-state index contributed by atoms with van der Waals surface area (Å²) in [6.07, 6.45) is 4.88. The van der Waals surface area contributed by atoms with Gasteiger partial charge in [-0.3, -0.25) is 5.32 Å². The second kappa shape index (κ2) is 4.50. The lowest BCUT2D eigenvalue weighted by Gasteiger charge is -2.50. The van der Waals surface area contributed by atoms with Gasteiger partial charge in [0, 0.05) is 13.1 Å². The van der Waals surface area contributed by atoms with E-state index in [1.54, 1.807) is 0 Å². The highest BCUT2D eigenvalue weighted by Gasteiger charge is 2.45. The lowest BCUT2D eigenvalue weighted by molar-refractivity contribution is -0.167. The summed E-state index contributed by atoms with van der Waals surface area (Å²) in [4.78, 5) is 0. The van der Waals surface area contributed by atoms with Gasteiger partial charge in [-0.05, 0) is 31.6 Å². The van der Waals surface area contributed by atoms with E-state index in [0.29, 0.717) is 0 Å². The van der Waals surface area contributed by atoms with Crippen LogP contribution in [0.5, 0.6) is 0 Å². The normalized spacial score (nSPS) is 47.5. The smallest absolute Gasteiger partial charge is 0.119 e. The Morgan fingerprint density at radius 3 is 2.53 bits per heavy atom. The summed E-state index contributed by atoms with van der Waals surface area (Å²) in [6.45, 7) is 6.63. The summed E-state index contributed by atoms with van der Waals surface area (Å²) in [7, 11) is 0. The molecule has 1 atom stereocenters. The van der Waals surface area contributed by atoms with Crippen LogP contribution in [0.25, 0.3) is 0 Å². The van der Waals surface area contributed by atoms with Crippen LogP contribution >= 0.6 is 0 Å². The average molecular weight is 240 g/mol. The van der Waals surface area contributed by atoms with Gasteiger partial charge in [0.15, 0.2) is 0 Å². The van der Waals surface area contributed by atoms with E-state index < -0.39 is 0 Å². The van der Waals surface area contributed by atoms with Crippen molar-refractivity contribution in [2.75, 3.05) is 32.9 Å². The maximum absolute atomic E-state index is 6.19. The molecule has 1 saturated carbocycles. The van der Waals surface area contributed by atoms with Crippen LogP contribution in [0.1, 0.15) is 32.6 Å². The molecule has 0 radical (unpaired) electrons. The Morgan fingerprint density at radius 2 is 1.94 bits per heavy atom. The third-order valence-corrected chi connectivity index (χ3v) is 4.58. The molecule has 2 aliphatic heterocycles. The van der Waals surface area contributed by atoms with Crippen molar-refractivity contribution in [1.82, 2.24) is 10.6 Å². The van der Waals surface area contributed by atoms with Crippen LogP contribution in [-0.4, -0.2) is 44.2 Å². The summed E-state index contributed by atoms with van der Waals surface area (Å²) in [5, 5.41) is 7.20. The fraction of sp³-hybridized carbons (Fsp3) is 1.00. The molecule has 3 aliphatic rings. The zero-order valence-corrected chi connectivity index (χ0v) is 10.8. The van der Waals surface area contributed by atoms with Gasteiger partial charge in [-0.1, -0.05) is 6.92 Å². The maximum Gasteiger partial charge on any atom is 0.119 e. The van der Waals surface area contributed by atoms with Crippen LogP contribution in [0.3, 0.4) is 0 Å². The topological polar surface area (TPSA) is 42.5 Å². The van der Waals surface area contributed by atoms with Crippen molar-refractivity contribution in [2.24, 2.45) is 5.92 Å². The highest BCUT2D eigenvalue weighted by Crippen LogP contribution is 2.35. The SMILES string of the molecule is CC1CCC2(CC1)NCC1(COCCN1)CO2.